The van der Waals surface area contributed by atoms with Crippen molar-refractivity contribution in [2.75, 3.05) is 26.4 Å². The van der Waals surface area contributed by atoms with Gasteiger partial charge < -0.3 is 89.9 Å². The van der Waals surface area contributed by atoms with Gasteiger partial charge >= 0.3 is 0 Å². The molecule has 0 aromatic carbocycles. The van der Waals surface area contributed by atoms with Gasteiger partial charge in [-0.05, 0) is 12.8 Å². The highest BCUT2D eigenvalue weighted by Gasteiger charge is 2.53. The average Bonchev–Trinajstić information content (AvgIpc) is 3.28. The number of carbonyl (C=O) groups is 1. The lowest BCUT2D eigenvalue weighted by molar-refractivity contribution is -0.379. The molecule has 3 heterocycles. The minimum absolute atomic E-state index is 0.250. The van der Waals surface area contributed by atoms with Gasteiger partial charge in [-0.2, -0.15) is 0 Å². The van der Waals surface area contributed by atoms with Gasteiger partial charge in [0.05, 0.1) is 38.6 Å². The van der Waals surface area contributed by atoms with Crippen molar-refractivity contribution in [2.45, 2.75) is 247 Å². The summed E-state index contributed by atoms with van der Waals surface area (Å²) < 4.78 is 34.0. The lowest BCUT2D eigenvalue weighted by atomic mass is 9.96. The predicted octanol–water partition coefficient (Wildman–Crippen LogP) is 0.139. The Morgan fingerprint density at radius 3 is 1.38 bits per heavy atom. The molecule has 17 atom stereocenters. The maximum Gasteiger partial charge on any atom is 0.220 e. The molecule has 0 bridgehead atoms. The van der Waals surface area contributed by atoms with Crippen molar-refractivity contribution in [3.05, 3.63) is 0 Å². The van der Waals surface area contributed by atoms with Crippen molar-refractivity contribution < 1.29 is 89.4 Å². The molecule has 0 aliphatic carbocycles. The largest absolute Gasteiger partial charge is 0.394 e. The molecule has 19 heteroatoms. The van der Waals surface area contributed by atoms with E-state index >= 15 is 0 Å². The molecule has 0 aromatic rings. The van der Waals surface area contributed by atoms with Crippen molar-refractivity contribution in [1.29, 1.82) is 0 Å². The molecule has 1 amide bonds. The topological polar surface area (TPSA) is 307 Å². The summed E-state index contributed by atoms with van der Waals surface area (Å²) in [5.41, 5.74) is 0. The van der Waals surface area contributed by atoms with Gasteiger partial charge in [0.15, 0.2) is 18.9 Å². The number of carbonyl (C=O) groups excluding carboxylic acids is 1. The van der Waals surface area contributed by atoms with Crippen LogP contribution in [0.25, 0.3) is 0 Å². The summed E-state index contributed by atoms with van der Waals surface area (Å²) in [4.78, 5) is 13.1. The molecule has 0 radical (unpaired) electrons. The van der Waals surface area contributed by atoms with Crippen LogP contribution in [0.1, 0.15) is 142 Å². The Labute approximate surface area is 373 Å². The molecule has 3 aliphatic heterocycles. The van der Waals surface area contributed by atoms with Gasteiger partial charge in [0.25, 0.3) is 0 Å². The summed E-state index contributed by atoms with van der Waals surface area (Å²) in [7, 11) is 0. The third kappa shape index (κ3) is 18.1. The van der Waals surface area contributed by atoms with E-state index in [0.29, 0.717) is 12.8 Å². The maximum absolute atomic E-state index is 13.1. The van der Waals surface area contributed by atoms with E-state index in [9.17, 15) is 61.0 Å². The molecule has 3 fully saturated rings. The van der Waals surface area contributed by atoms with Gasteiger partial charge in [-0.15, -0.1) is 0 Å². The summed E-state index contributed by atoms with van der Waals surface area (Å²) in [6.07, 6.45) is -6.02. The van der Waals surface area contributed by atoms with Crippen LogP contribution >= 0.6 is 0 Å². The van der Waals surface area contributed by atoms with E-state index in [0.717, 1.165) is 44.9 Å². The minimum atomic E-state index is -1.97. The van der Waals surface area contributed by atoms with Gasteiger partial charge in [-0.3, -0.25) is 4.79 Å². The third-order valence-corrected chi connectivity index (χ3v) is 12.4. The number of unbranched alkanes of at least 4 members (excludes halogenated alkanes) is 16. The van der Waals surface area contributed by atoms with Crippen molar-refractivity contribution in [3.63, 3.8) is 0 Å². The first-order valence-corrected chi connectivity index (χ1v) is 23.8. The second-order valence-corrected chi connectivity index (χ2v) is 17.6. The molecule has 3 rings (SSSR count). The summed E-state index contributed by atoms with van der Waals surface area (Å²) in [5, 5.41) is 119. The Morgan fingerprint density at radius 2 is 0.905 bits per heavy atom. The number of hydrogen-bond donors (Lipinski definition) is 12. The van der Waals surface area contributed by atoms with Crippen LogP contribution in [0.15, 0.2) is 0 Å². The first-order valence-electron chi connectivity index (χ1n) is 23.8. The van der Waals surface area contributed by atoms with Gasteiger partial charge in [-0.1, -0.05) is 123 Å². The Morgan fingerprint density at radius 1 is 0.508 bits per heavy atom. The van der Waals surface area contributed by atoms with Crippen LogP contribution in [0.4, 0.5) is 0 Å². The van der Waals surface area contributed by atoms with E-state index in [-0.39, 0.29) is 18.9 Å². The molecule has 19 nitrogen and oxygen atoms in total. The van der Waals surface area contributed by atoms with Gasteiger partial charge in [0, 0.05) is 6.42 Å². The second-order valence-electron chi connectivity index (χ2n) is 17.6. The van der Waals surface area contributed by atoms with E-state index in [2.05, 4.69) is 19.2 Å². The summed E-state index contributed by atoms with van der Waals surface area (Å²) >= 11 is 0. The zero-order chi connectivity index (χ0) is 46.3. The molecule has 3 aliphatic rings. The molecule has 0 spiro atoms. The monoisotopic (exact) mass is 914 g/mol. The van der Waals surface area contributed by atoms with Crippen LogP contribution in [-0.4, -0.2) is 193 Å². The quantitative estimate of drug-likeness (QED) is 0.0400. The van der Waals surface area contributed by atoms with Crippen molar-refractivity contribution >= 4 is 5.91 Å². The number of nitrogens with one attached hydrogen (secondary N) is 1. The average molecular weight is 914 g/mol. The fourth-order valence-electron chi connectivity index (χ4n) is 8.37. The highest BCUT2D eigenvalue weighted by molar-refractivity contribution is 5.76. The number of rotatable bonds is 32. The fourth-order valence-corrected chi connectivity index (χ4v) is 8.37. The molecular formula is C44H83NO18. The molecule has 17 unspecified atom stereocenters. The predicted molar refractivity (Wildman–Crippen MR) is 227 cm³/mol. The maximum atomic E-state index is 13.1. The highest BCUT2D eigenvalue weighted by Crippen LogP contribution is 2.33. The van der Waals surface area contributed by atoms with E-state index in [1.807, 2.05) is 0 Å². The molecule has 0 aromatic heterocycles. The number of aliphatic hydroxyl groups is 11. The van der Waals surface area contributed by atoms with Crippen LogP contribution in [0.3, 0.4) is 0 Å². The zero-order valence-electron chi connectivity index (χ0n) is 37.6. The van der Waals surface area contributed by atoms with Gasteiger partial charge in [0.1, 0.15) is 73.2 Å². The van der Waals surface area contributed by atoms with Crippen LogP contribution in [-0.2, 0) is 33.2 Å². The standard InChI is InChI=1S/C44H83NO18/c1-3-5-7-9-11-13-14-16-18-20-22-32(50)45-27(28(49)21-19-17-15-12-10-8-6-4-2)26-58-42-38(56)35(53)40(30(24-47)60-42)63-44-39(57)36(54)41(31(25-48)61-44)62-43-37(55)34(52)33(51)29(23-46)59-43/h27-31,33-44,46-49,51-57H,3-26H2,1-2H3,(H,45,50). The zero-order valence-corrected chi connectivity index (χ0v) is 37.6. The third-order valence-electron chi connectivity index (χ3n) is 12.4. The first-order chi connectivity index (χ1) is 30.3. The Balaban J connectivity index is 1.58. The van der Waals surface area contributed by atoms with Gasteiger partial charge in [0.2, 0.25) is 5.91 Å². The second kappa shape index (κ2) is 31.0. The van der Waals surface area contributed by atoms with Gasteiger partial charge in [-0.25, -0.2) is 0 Å². The first kappa shape index (κ1) is 56.1. The minimum Gasteiger partial charge on any atom is -0.394 e. The van der Waals surface area contributed by atoms with Crippen LogP contribution < -0.4 is 5.32 Å². The highest BCUT2D eigenvalue weighted by atomic mass is 16.8. The molecule has 12 N–H and O–H groups in total. The van der Waals surface area contributed by atoms with E-state index < -0.39 is 124 Å². The van der Waals surface area contributed by atoms with Crippen LogP contribution in [0, 0.1) is 0 Å². The fraction of sp³-hybridized carbons (Fsp3) is 0.977. The molecule has 372 valence electrons. The molecule has 0 saturated carbocycles. The number of amides is 1. The molecule has 3 saturated heterocycles. The Hall–Kier alpha value is -1.21. The summed E-state index contributed by atoms with van der Waals surface area (Å²) in [6, 6.07) is -0.875. The van der Waals surface area contributed by atoms with Crippen molar-refractivity contribution in [2.24, 2.45) is 0 Å². The summed E-state index contributed by atoms with van der Waals surface area (Å²) in [5.74, 6) is -0.250. The van der Waals surface area contributed by atoms with E-state index in [4.69, 9.17) is 28.4 Å². The Kier molecular flexibility index (Phi) is 27.6. The normalized spacial score (nSPS) is 34.8. The lowest BCUT2D eigenvalue weighted by Gasteiger charge is -2.48. The van der Waals surface area contributed by atoms with Crippen LogP contribution in [0.5, 0.6) is 0 Å². The number of aliphatic hydroxyl groups excluding tert-OH is 11. The molecule has 63 heavy (non-hydrogen) atoms. The van der Waals surface area contributed by atoms with Crippen molar-refractivity contribution in [3.8, 4) is 0 Å². The Bertz CT molecular complexity index is 1190. The van der Waals surface area contributed by atoms with E-state index in [1.165, 1.54) is 64.2 Å². The summed E-state index contributed by atoms with van der Waals surface area (Å²) in [6.45, 7) is 1.68. The van der Waals surface area contributed by atoms with E-state index in [1.54, 1.807) is 0 Å². The number of hydrogen-bond acceptors (Lipinski definition) is 18. The van der Waals surface area contributed by atoms with Crippen molar-refractivity contribution in [1.82, 2.24) is 5.32 Å². The number of ether oxygens (including phenoxy) is 6. The lowest BCUT2D eigenvalue weighted by Crippen LogP contribution is -2.66. The van der Waals surface area contributed by atoms with Crippen LogP contribution in [0.2, 0.25) is 0 Å². The smallest absolute Gasteiger partial charge is 0.220 e. The molecular weight excluding hydrogens is 830 g/mol. The SMILES string of the molecule is CCCCCCCCCCCCC(=O)NC(COC1OC(CO)C(OC2OC(CO)C(OC3OC(CO)C(O)C(O)C3O)C(O)C2O)C(O)C1O)C(O)CCCCCCCCCC.